The molecule has 3 aliphatic heterocycles. The molecule has 46 heteroatoms. The number of aromatic carboxylic acids is 1. The first-order valence-electron chi connectivity index (χ1n) is 40.1. The van der Waals surface area contributed by atoms with E-state index >= 15 is 0 Å². The number of nitrogens with zero attached hydrogens (tertiary/aromatic N) is 21. The van der Waals surface area contributed by atoms with E-state index < -0.39 is 57.5 Å². The molecule has 0 saturated heterocycles. The van der Waals surface area contributed by atoms with Crippen LogP contribution in [-0.4, -0.2) is 201 Å². The van der Waals surface area contributed by atoms with Gasteiger partial charge in [0, 0.05) is 62.6 Å². The lowest BCUT2D eigenvalue weighted by Gasteiger charge is -2.16. The lowest BCUT2D eigenvalue weighted by Crippen LogP contribution is -2.33. The van der Waals surface area contributed by atoms with Gasteiger partial charge in [-0.1, -0.05) is 123 Å². The third-order valence-electron chi connectivity index (χ3n) is 16.8. The molecule has 2 saturated carbocycles. The van der Waals surface area contributed by atoms with Crippen molar-refractivity contribution in [3.8, 4) is 51.4 Å². The Bertz CT molecular complexity index is 6180. The quantitative estimate of drug-likeness (QED) is 0.0172. The maximum Gasteiger partial charge on any atom is 0.340 e. The largest absolute Gasteiger partial charge is 0.494 e. The van der Waals surface area contributed by atoms with Crippen LogP contribution in [0.3, 0.4) is 0 Å². The number of carbonyl (C=O) groups is 7. The molecule has 9 N–H and O–H groups in total. The van der Waals surface area contributed by atoms with Crippen LogP contribution in [-0.2, 0) is 56.8 Å². The van der Waals surface area contributed by atoms with E-state index in [2.05, 4.69) is 81.8 Å². The summed E-state index contributed by atoms with van der Waals surface area (Å²) in [7, 11) is 9.55. The molecule has 16 rings (SSSR count). The zero-order valence-electron chi connectivity index (χ0n) is 74.4. The molecule has 119 heavy (non-hydrogen) atoms. The van der Waals surface area contributed by atoms with Crippen molar-refractivity contribution in [1.82, 2.24) is 105 Å². The van der Waals surface area contributed by atoms with Crippen LogP contribution >= 0.6 is 104 Å². The van der Waals surface area contributed by atoms with Crippen molar-refractivity contribution in [2.24, 2.45) is 44.6 Å². The second kappa shape index (κ2) is 39.4. The number of amides is 5. The standard InChI is InChI=1S/C22H23N7O3.C17H16ClN7O2.C9H11N5O.C8H6Cl2N2O.C7H6Cl3N3O.C6H2Cl3NO2.C4H7NO/c1-28-11-17-19(22(28)31)16(9-13(23-17)10-18(30)12-7-8-12)24-15-6-4-5-14(20(15)32-3)21-25-27-29(2)26-21;1-24-8-12-14(17(24)26)11(7-13(18)20-12)19-10-6-4-5-9(15(10)27-3)16-21-23-25(2)22-16;1-14-12-9(11-13-14)6-4-3-5-7(10)8(6)15-2;1-12-3-5-7(8(12)13)4(9)2-6(10)11-5;1-13(11)7(14)5-3(8)2-4(9)12-6(5)10;7-2-1-3(8)10-5(9)4(2)6(11)12;5-4(6)3-1-2-3/h4-6,9,12H,7-8,10-11H2,1-3H3,(H,23,24);4-7H,8H2,1-3H3,(H,19,20);3-5H,10H2,1-2H3;2H,3H2,1H3;2H,11H2,1H3;1H,(H,11,12);3H,1-2H2,(H2,5,6)/i2*1D3;;2*1D3;;. The molecule has 0 unspecified atom stereocenters. The highest BCUT2D eigenvalue weighted by Gasteiger charge is 2.35. The van der Waals surface area contributed by atoms with Crippen LogP contribution in [0.2, 0.25) is 46.0 Å². The number of ketones is 1. The Kier molecular flexibility index (Phi) is 24.4. The summed E-state index contributed by atoms with van der Waals surface area (Å²) in [4.78, 5) is 108. The molecule has 5 aliphatic rings. The van der Waals surface area contributed by atoms with Crippen molar-refractivity contribution < 1.29 is 69.3 Å². The summed E-state index contributed by atoms with van der Waals surface area (Å²) in [6, 6.07) is 22.8. The van der Waals surface area contributed by atoms with Gasteiger partial charge in [0.1, 0.15) is 42.3 Å². The number of hydrogen-bond acceptors (Lipinski definition) is 28. The number of Topliss-reactive ketones (excluding diaryl/α,β-unsaturated/α-hetero) is 1. The average molecular weight is 1820 g/mol. The minimum absolute atomic E-state index is 0.0194. The van der Waals surface area contributed by atoms with Crippen LogP contribution in [0.25, 0.3) is 34.2 Å². The van der Waals surface area contributed by atoms with Crippen molar-refractivity contribution >= 4 is 174 Å². The maximum atomic E-state index is 13.1. The van der Waals surface area contributed by atoms with E-state index in [1.165, 1.54) is 46.8 Å². The van der Waals surface area contributed by atoms with Crippen LogP contribution in [0.5, 0.6) is 17.2 Å². The number of benzene rings is 3. The first-order chi connectivity index (χ1) is 61.3. The number of carboxylic acids is 1. The molecule has 5 amide bonds. The fourth-order valence-electron chi connectivity index (χ4n) is 11.2. The molecule has 622 valence electrons. The molecule has 2 aliphatic carbocycles. The second-order valence-electron chi connectivity index (χ2n) is 25.2. The van der Waals surface area contributed by atoms with E-state index in [0.717, 1.165) is 52.0 Å². The van der Waals surface area contributed by atoms with Gasteiger partial charge >= 0.3 is 5.97 Å². The van der Waals surface area contributed by atoms with Crippen molar-refractivity contribution in [1.29, 1.82) is 0 Å². The summed E-state index contributed by atoms with van der Waals surface area (Å²) in [6.45, 7) is -10.9. The number of hydrogen-bond donors (Lipinski definition) is 6. The summed E-state index contributed by atoms with van der Waals surface area (Å²) in [5.74, 6) is 3.80. The van der Waals surface area contributed by atoms with Gasteiger partial charge in [-0.05, 0) is 108 Å². The van der Waals surface area contributed by atoms with Gasteiger partial charge in [0.05, 0.1) is 167 Å². The number of carbonyl (C=O) groups excluding carboxylic acids is 6. The topological polar surface area (TPSA) is 478 Å². The van der Waals surface area contributed by atoms with Crippen molar-refractivity contribution in [3.05, 3.63) is 182 Å². The van der Waals surface area contributed by atoms with E-state index in [1.807, 2.05) is 12.1 Å². The molecule has 0 bridgehead atoms. The molecule has 3 aromatic carbocycles. The zero-order valence-corrected chi connectivity index (χ0v) is 69.3. The fraction of sp³-hybridized carbons (Fsp3) is 0.274. The molecule has 0 radical (unpaired) electrons. The van der Waals surface area contributed by atoms with Crippen LogP contribution in [0.15, 0.2) is 84.9 Å². The number of anilines is 5. The van der Waals surface area contributed by atoms with Crippen LogP contribution in [0.4, 0.5) is 28.4 Å². The predicted molar refractivity (Wildman–Crippen MR) is 444 cm³/mol. The minimum Gasteiger partial charge on any atom is -0.494 e. The summed E-state index contributed by atoms with van der Waals surface area (Å²) < 4.78 is 105. The Balaban J connectivity index is 0.000000168. The third kappa shape index (κ3) is 22.1. The van der Waals surface area contributed by atoms with Gasteiger partial charge in [-0.3, -0.25) is 38.8 Å². The van der Waals surface area contributed by atoms with Crippen LogP contribution < -0.4 is 42.2 Å². The molecule has 0 spiro atoms. The first-order valence-corrected chi connectivity index (χ1v) is 37.5. The smallest absolute Gasteiger partial charge is 0.340 e. The molecule has 2 fully saturated rings. The Hall–Kier alpha value is -11.5. The van der Waals surface area contributed by atoms with E-state index in [1.54, 1.807) is 76.8 Å². The normalized spacial score (nSPS) is 15.1. The number of tetrazole rings is 3. The number of ether oxygens (including phenoxy) is 3. The van der Waals surface area contributed by atoms with E-state index in [9.17, 15) is 33.6 Å². The number of para-hydroxylation sites is 3. The molecular formula is C73H71Cl9N26O11. The molecule has 11 aromatic rings. The number of nitrogens with two attached hydrogens (primary N) is 3. The summed E-state index contributed by atoms with van der Waals surface area (Å²) in [6.07, 6.45) is 3.92. The molecule has 11 heterocycles. The number of hydrazine groups is 1. The van der Waals surface area contributed by atoms with Crippen molar-refractivity contribution in [2.45, 2.75) is 51.7 Å². The number of carboxylic acid groups (broad SMARTS) is 1. The molecular weight excluding hydrogens is 1740 g/mol. The summed E-state index contributed by atoms with van der Waals surface area (Å²) in [5.41, 5.74) is 16.1. The highest BCUT2D eigenvalue weighted by atomic mass is 35.5. The van der Waals surface area contributed by atoms with Gasteiger partial charge in [-0.15, -0.1) is 30.6 Å². The SMILES string of the molecule is COc1c(N)cccc1-c1nnn(C)n1.NC(=O)C1CC1.O=C(O)c1c(Cl)cc(Cl)nc1Cl.[2H]C([2H])([2H])N(N)C(=O)c1c(Cl)cc(Cl)nc1Cl.[2H]C([2H])([2H])N1Cc2nc(CC(=O)C3CC3)cc(Nc3cccc(-c4nnn(C)n4)c3OC)c2C1=O.[2H]C([2H])([2H])N1Cc2nc(Cl)cc(Cl)c2C1=O.[2H]C([2H])([2H])N1Cc2nc(Cl)cc(Nc3cccc(-c4nnn(C)n4)c3OC)c2C1=O. The average Bonchev–Trinajstić information content (AvgIpc) is 1.61. The highest BCUT2D eigenvalue weighted by Crippen LogP contribution is 2.43. The first kappa shape index (κ1) is 73.8. The van der Waals surface area contributed by atoms with Crippen molar-refractivity contribution in [2.75, 3.05) is 65.6 Å². The number of pyridine rings is 5. The lowest BCUT2D eigenvalue weighted by molar-refractivity contribution is -0.120. The minimum atomic E-state index is -2.80. The van der Waals surface area contributed by atoms with Gasteiger partial charge in [-0.25, -0.2) is 30.6 Å². The maximum absolute atomic E-state index is 13.1. The number of aromatic nitrogens is 17. The Morgan fingerprint density at radius 3 is 1.31 bits per heavy atom. The highest BCUT2D eigenvalue weighted by molar-refractivity contribution is 6.42. The molecule has 37 nitrogen and oxygen atoms in total. The van der Waals surface area contributed by atoms with Crippen LogP contribution in [0.1, 0.15) is 117 Å². The zero-order chi connectivity index (χ0) is 96.7. The lowest BCUT2D eigenvalue weighted by atomic mass is 10.1. The number of primary amides is 1. The van der Waals surface area contributed by atoms with Gasteiger partial charge in [0.15, 0.2) is 17.2 Å². The van der Waals surface area contributed by atoms with E-state index in [-0.39, 0.29) is 134 Å². The number of methoxy groups -OCH3 is 3. The summed E-state index contributed by atoms with van der Waals surface area (Å²) >= 11 is 51.0. The number of rotatable bonds is 16. The number of nitrogens with one attached hydrogen (secondary N) is 2. The monoisotopic (exact) mass is 1810 g/mol. The van der Waals surface area contributed by atoms with Crippen molar-refractivity contribution in [3.63, 3.8) is 0 Å². The number of nitrogen functional groups attached to an aromatic ring is 1. The number of fused-ring (bicyclic) bond motifs is 3. The van der Waals surface area contributed by atoms with E-state index in [0.29, 0.717) is 91.4 Å². The predicted octanol–water partition coefficient (Wildman–Crippen LogP) is 11.4. The van der Waals surface area contributed by atoms with Gasteiger partial charge in [-0.2, -0.15) is 14.4 Å². The van der Waals surface area contributed by atoms with Crippen LogP contribution in [0, 0.1) is 11.8 Å². The molecule has 0 atom stereocenters. The fourth-order valence-corrected chi connectivity index (χ4v) is 13.7. The third-order valence-corrected chi connectivity index (χ3v) is 19.0. The number of aryl methyl sites for hydroxylation is 3. The number of halogens is 9. The van der Waals surface area contributed by atoms with Gasteiger partial charge in [0.25, 0.3) is 23.6 Å². The Morgan fingerprint density at radius 1 is 0.521 bits per heavy atom. The summed E-state index contributed by atoms with van der Waals surface area (Å²) in [5, 5.41) is 50.7. The second-order valence-corrected chi connectivity index (χ2v) is 28.7. The molecule has 8 aromatic heterocycles. The Labute approximate surface area is 739 Å². The van der Waals surface area contributed by atoms with Gasteiger partial charge in [0.2, 0.25) is 23.4 Å². The van der Waals surface area contributed by atoms with E-state index in [4.69, 9.17) is 157 Å². The Morgan fingerprint density at radius 2 is 0.916 bits per heavy atom. The van der Waals surface area contributed by atoms with Gasteiger partial charge < -0.3 is 56.1 Å².